The summed E-state index contributed by atoms with van der Waals surface area (Å²) in [6, 6.07) is 150. The lowest BCUT2D eigenvalue weighted by atomic mass is 9.81. The molecule has 24 rings (SSSR count). The Bertz CT molecular complexity index is 7650. The molecule has 4 nitrogen and oxygen atoms in total. The van der Waals surface area contributed by atoms with Crippen molar-refractivity contribution in [1.29, 1.82) is 0 Å². The molecule has 21 aromatic rings. The fourth-order valence-electron chi connectivity index (χ4n) is 20.0. The third-order valence-electron chi connectivity index (χ3n) is 25.9. The van der Waals surface area contributed by atoms with Crippen LogP contribution in [0.25, 0.3) is 177 Å². The second-order valence-corrected chi connectivity index (χ2v) is 33.3. The monoisotopic (exact) mass is 1530 g/mol. The quantitative estimate of drug-likeness (QED) is 0.122. The van der Waals surface area contributed by atoms with Gasteiger partial charge in [-0.1, -0.05) is 349 Å². The van der Waals surface area contributed by atoms with Crippen molar-refractivity contribution in [2.45, 2.75) is 38.5 Å². The van der Waals surface area contributed by atoms with E-state index in [-0.39, 0.29) is 10.8 Å². The highest BCUT2D eigenvalue weighted by molar-refractivity contribution is 6.19. The predicted molar refractivity (Wildman–Crippen MR) is 504 cm³/mol. The Hall–Kier alpha value is -15.1. The third-order valence-corrected chi connectivity index (χ3v) is 25.9. The molecule has 4 heteroatoms. The highest BCUT2D eigenvalue weighted by atomic mass is 16.3. The summed E-state index contributed by atoms with van der Waals surface area (Å²) in [5, 5.41) is 9.61. The van der Waals surface area contributed by atoms with Gasteiger partial charge in [-0.25, -0.2) is 0 Å². The van der Waals surface area contributed by atoms with Gasteiger partial charge in [0.15, 0.2) is 0 Å². The molecule has 0 spiro atoms. The van der Waals surface area contributed by atoms with E-state index in [1.165, 1.54) is 133 Å². The summed E-state index contributed by atoms with van der Waals surface area (Å²) >= 11 is 0. The van der Waals surface area contributed by atoms with Crippen LogP contribution in [0.15, 0.2) is 421 Å². The molecule has 19 aromatic carbocycles. The molecule has 566 valence electrons. The van der Waals surface area contributed by atoms with E-state index in [1.54, 1.807) is 0 Å². The molecule has 3 aliphatic carbocycles. The van der Waals surface area contributed by atoms with Gasteiger partial charge >= 0.3 is 0 Å². The lowest BCUT2D eigenvalue weighted by molar-refractivity contribution is 0.660. The fourth-order valence-corrected chi connectivity index (χ4v) is 20.0. The molecule has 0 amide bonds. The Morgan fingerprint density at radius 1 is 0.183 bits per heavy atom. The molecule has 3 aliphatic rings. The van der Waals surface area contributed by atoms with Crippen LogP contribution >= 0.6 is 0 Å². The number of benzene rings is 19. The maximum absolute atomic E-state index is 6.47. The number of hydrogen-bond acceptors (Lipinski definition) is 4. The molecule has 0 atom stereocenters. The zero-order valence-electron chi connectivity index (χ0n) is 67.0. The molecular formula is C116H80N2O2. The summed E-state index contributed by atoms with van der Waals surface area (Å²) < 4.78 is 12.9. The summed E-state index contributed by atoms with van der Waals surface area (Å²) in [6.45, 7) is 9.49. The second-order valence-electron chi connectivity index (χ2n) is 33.3. The standard InChI is InChI=1S/C61H41NO.C55H39NO/c1-61(2)56-36-41(38-12-4-3-5-13-38)26-32-49(56)50-33-31-44(37-57(50)61)62(43-29-24-40(25-30-43)46-17-10-20-55-51-16-8-9-21-58(51)63-60(46)55)42-27-22-39(23-28-42)45-34-35-54-48-15-7-6-14-47(48)53-19-11-18-52(45)59(53)54;1-55(2)50-34-39(36-14-5-3-6-15-36)26-30-45(50)46-31-29-41(35-51(46)55)56(52-33-32-42(37-16-7-4-8-17-37)44-18-9-10-19-47(44)52)40-27-24-38(25-28-40)43-21-13-22-49-48-20-11-12-23-53(48)57-54(43)49/h3-37H,1-2H3;3-35H,1-2H3. The molecule has 0 N–H and O–H groups in total. The molecule has 2 heterocycles. The Morgan fingerprint density at radius 2 is 0.492 bits per heavy atom. The van der Waals surface area contributed by atoms with Gasteiger partial charge in [-0.3, -0.25) is 0 Å². The Labute approximate surface area is 698 Å². The first-order valence-electron chi connectivity index (χ1n) is 41.7. The predicted octanol–water partition coefficient (Wildman–Crippen LogP) is 32.7. The largest absolute Gasteiger partial charge is 0.455 e. The first kappa shape index (κ1) is 70.3. The number of hydrogen-bond donors (Lipinski definition) is 0. The second kappa shape index (κ2) is 27.8. The van der Waals surface area contributed by atoms with Crippen LogP contribution in [0.5, 0.6) is 0 Å². The van der Waals surface area contributed by atoms with E-state index >= 15 is 0 Å². The normalized spacial score (nSPS) is 13.0. The van der Waals surface area contributed by atoms with Gasteiger partial charge in [0.25, 0.3) is 0 Å². The van der Waals surface area contributed by atoms with Crippen molar-refractivity contribution in [3.8, 4) is 111 Å². The summed E-state index contributed by atoms with van der Waals surface area (Å²) in [4.78, 5) is 4.85. The van der Waals surface area contributed by atoms with Gasteiger partial charge in [0.1, 0.15) is 22.3 Å². The smallest absolute Gasteiger partial charge is 0.143 e. The zero-order chi connectivity index (χ0) is 79.9. The third kappa shape index (κ3) is 11.3. The van der Waals surface area contributed by atoms with E-state index < -0.39 is 0 Å². The zero-order valence-corrected chi connectivity index (χ0v) is 67.0. The Morgan fingerprint density at radius 3 is 0.992 bits per heavy atom. The highest BCUT2D eigenvalue weighted by Gasteiger charge is 2.39. The van der Waals surface area contributed by atoms with Crippen LogP contribution in [-0.2, 0) is 10.8 Å². The number of nitrogens with zero attached hydrogens (tertiary/aromatic N) is 2. The van der Waals surface area contributed by atoms with E-state index in [1.807, 2.05) is 24.3 Å². The van der Waals surface area contributed by atoms with Gasteiger partial charge in [0.05, 0.1) is 5.69 Å². The maximum atomic E-state index is 6.47. The molecule has 0 unspecified atom stereocenters. The van der Waals surface area contributed by atoms with Crippen molar-refractivity contribution in [3.63, 3.8) is 0 Å². The van der Waals surface area contributed by atoms with E-state index in [4.69, 9.17) is 8.83 Å². The maximum Gasteiger partial charge on any atom is 0.143 e. The van der Waals surface area contributed by atoms with Gasteiger partial charge < -0.3 is 18.6 Å². The summed E-state index contributed by atoms with van der Waals surface area (Å²) in [6.07, 6.45) is 0. The van der Waals surface area contributed by atoms with Crippen molar-refractivity contribution >= 4 is 99.5 Å². The minimum Gasteiger partial charge on any atom is -0.455 e. The Balaban J connectivity index is 0.000000141. The fraction of sp³-hybridized carbons (Fsp3) is 0.0517. The topological polar surface area (TPSA) is 32.8 Å². The van der Waals surface area contributed by atoms with Gasteiger partial charge in [0, 0.05) is 77.3 Å². The van der Waals surface area contributed by atoms with Gasteiger partial charge in [0.2, 0.25) is 0 Å². The van der Waals surface area contributed by atoms with E-state index in [0.717, 1.165) is 100 Å². The lowest BCUT2D eigenvalue weighted by Gasteiger charge is -2.29. The molecule has 0 saturated carbocycles. The van der Waals surface area contributed by atoms with Crippen LogP contribution in [-0.4, -0.2) is 0 Å². The van der Waals surface area contributed by atoms with Gasteiger partial charge in [-0.05, 0) is 230 Å². The van der Waals surface area contributed by atoms with Crippen LogP contribution in [0.2, 0.25) is 0 Å². The van der Waals surface area contributed by atoms with Crippen molar-refractivity contribution in [2.24, 2.45) is 0 Å². The average Bonchev–Trinajstić information content (AvgIpc) is 1.66. The summed E-state index contributed by atoms with van der Waals surface area (Å²) in [7, 11) is 0. The number of furan rings is 2. The van der Waals surface area contributed by atoms with Crippen LogP contribution < -0.4 is 9.80 Å². The van der Waals surface area contributed by atoms with E-state index in [0.29, 0.717) is 0 Å². The number of anilines is 6. The van der Waals surface area contributed by atoms with Crippen LogP contribution in [0.4, 0.5) is 34.1 Å². The molecular weight excluding hydrogens is 1450 g/mol. The molecule has 0 saturated heterocycles. The lowest BCUT2D eigenvalue weighted by Crippen LogP contribution is -2.17. The number of para-hydroxylation sites is 4. The van der Waals surface area contributed by atoms with Crippen molar-refractivity contribution in [1.82, 2.24) is 0 Å². The van der Waals surface area contributed by atoms with Crippen molar-refractivity contribution in [3.05, 3.63) is 435 Å². The minimum absolute atomic E-state index is 0.189. The summed E-state index contributed by atoms with van der Waals surface area (Å²) in [5.41, 5.74) is 40.1. The minimum atomic E-state index is -0.189. The first-order valence-corrected chi connectivity index (χ1v) is 41.7. The number of rotatable bonds is 12. The van der Waals surface area contributed by atoms with Crippen LogP contribution in [0, 0.1) is 0 Å². The van der Waals surface area contributed by atoms with E-state index in [9.17, 15) is 0 Å². The van der Waals surface area contributed by atoms with Crippen molar-refractivity contribution < 1.29 is 8.83 Å². The molecule has 120 heavy (non-hydrogen) atoms. The molecule has 0 fully saturated rings. The Kier molecular flexibility index (Phi) is 16.3. The van der Waals surface area contributed by atoms with Gasteiger partial charge in [-0.15, -0.1) is 0 Å². The molecule has 2 aromatic heterocycles. The van der Waals surface area contributed by atoms with Crippen LogP contribution in [0.3, 0.4) is 0 Å². The average molecular weight is 1530 g/mol. The molecule has 0 radical (unpaired) electrons. The number of fused-ring (bicyclic) bond motifs is 16. The molecule has 0 aliphatic heterocycles. The SMILES string of the molecule is CC1(C)c2cc(-c3ccccc3)ccc2-c2ccc(N(c3ccc(-c4ccc5c6c(cccc46)-c4ccccc4-5)cc3)c3ccc(-c4cccc5c4oc4ccccc45)cc3)cc21.CC1(C)c2cc(-c3ccccc3)ccc2-c2ccc(N(c3ccc(-c4cccc5c4oc4ccccc45)cc3)c3ccc(-c4ccccc4)c4ccccc34)cc21. The first-order chi connectivity index (χ1) is 59.0. The van der Waals surface area contributed by atoms with E-state index in [2.05, 4.69) is 426 Å². The molecule has 0 bridgehead atoms. The van der Waals surface area contributed by atoms with Crippen molar-refractivity contribution in [2.75, 3.05) is 9.80 Å². The van der Waals surface area contributed by atoms with Gasteiger partial charge in [-0.2, -0.15) is 0 Å². The summed E-state index contributed by atoms with van der Waals surface area (Å²) in [5.74, 6) is 0. The van der Waals surface area contributed by atoms with Crippen LogP contribution in [0.1, 0.15) is 49.9 Å². The highest BCUT2D eigenvalue weighted by Crippen LogP contribution is 2.56.